The largest absolute Gasteiger partial charge is 0.490 e. The van der Waals surface area contributed by atoms with Crippen LogP contribution in [0, 0.1) is 11.8 Å². The van der Waals surface area contributed by atoms with E-state index in [0.29, 0.717) is 18.2 Å². The number of halogens is 3. The van der Waals surface area contributed by atoms with Gasteiger partial charge in [-0.25, -0.2) is 4.79 Å². The highest BCUT2D eigenvalue weighted by atomic mass is 32.2. The number of carbonyl (C=O) groups is 4. The number of alkyl halides is 3. The molecule has 0 aromatic heterocycles. The lowest BCUT2D eigenvalue weighted by Gasteiger charge is -2.35. The number of aliphatic carboxylic acids is 1. The molecule has 4 unspecified atom stereocenters. The molecule has 3 fully saturated rings. The van der Waals surface area contributed by atoms with Crippen LogP contribution in [0.5, 0.6) is 0 Å². The predicted octanol–water partition coefficient (Wildman–Crippen LogP) is 3.50. The second-order valence-corrected chi connectivity index (χ2v) is 10.6. The molecular weight excluding hydrogens is 501 g/mol. The van der Waals surface area contributed by atoms with Crippen LogP contribution < -0.4 is 0 Å². The minimum Gasteiger partial charge on any atom is -0.475 e. The van der Waals surface area contributed by atoms with Gasteiger partial charge in [0.2, 0.25) is 11.8 Å². The maximum Gasteiger partial charge on any atom is 0.490 e. The molecule has 0 spiro atoms. The zero-order valence-corrected chi connectivity index (χ0v) is 21.2. The first-order valence-electron chi connectivity index (χ1n) is 11.5. The summed E-state index contributed by atoms with van der Waals surface area (Å²) >= 11 is 1.83. The van der Waals surface area contributed by atoms with Crippen molar-refractivity contribution >= 4 is 35.5 Å². The third kappa shape index (κ3) is 4.72. The van der Waals surface area contributed by atoms with Crippen LogP contribution in [0.15, 0.2) is 29.2 Å². The van der Waals surface area contributed by atoms with E-state index in [4.69, 9.17) is 14.6 Å². The summed E-state index contributed by atoms with van der Waals surface area (Å²) in [7, 11) is 2.89. The molecule has 3 aliphatic rings. The summed E-state index contributed by atoms with van der Waals surface area (Å²) in [6, 6.07) is 7.98. The molecule has 1 aromatic carbocycles. The maximum atomic E-state index is 13.0. The Hall–Kier alpha value is -2.60. The van der Waals surface area contributed by atoms with Crippen LogP contribution in [0.2, 0.25) is 0 Å². The van der Waals surface area contributed by atoms with Gasteiger partial charge in [-0.3, -0.25) is 24.2 Å². The molecule has 5 atom stereocenters. The Morgan fingerprint density at radius 3 is 2.31 bits per heavy atom. The standard InChI is InChI=1S/C22H28N2O4S.C2HF3O2/c1-5-13(2)29-15-9-7-14(8-10-15)18-16-17(20(26)23(3)19(16)25)22(21(27)28-4)11-6-12-24(18)22;3-2(4,5)1(6)7/h7-10,13,16-18H,5-6,11-12H2,1-4H3;(H,6,7)/t13?,16?,17?,18?,22-;/m0./s1. The number of nitrogens with zero attached hydrogens (tertiary/aromatic N) is 2. The first-order valence-corrected chi connectivity index (χ1v) is 12.4. The summed E-state index contributed by atoms with van der Waals surface area (Å²) in [4.78, 5) is 52.4. The molecule has 36 heavy (non-hydrogen) atoms. The Kier molecular flexibility index (Phi) is 8.09. The van der Waals surface area contributed by atoms with Gasteiger partial charge in [0.05, 0.1) is 18.9 Å². The molecule has 8 nitrogen and oxygen atoms in total. The Morgan fingerprint density at radius 1 is 1.22 bits per heavy atom. The Balaban J connectivity index is 0.000000454. The topological polar surface area (TPSA) is 104 Å². The summed E-state index contributed by atoms with van der Waals surface area (Å²) in [5.41, 5.74) is -0.0521. The SMILES string of the molecule is CCC(C)Sc1ccc(C2C3C(=O)N(C)C(=O)C3[C@]3(C(=O)OC)CCCN23)cc1.O=C(O)C(F)(F)F. The van der Waals surface area contributed by atoms with Crippen LogP contribution in [-0.4, -0.2) is 76.3 Å². The Bertz CT molecular complexity index is 1030. The van der Waals surface area contributed by atoms with E-state index in [0.717, 1.165) is 18.4 Å². The highest BCUT2D eigenvalue weighted by molar-refractivity contribution is 7.99. The van der Waals surface area contributed by atoms with Gasteiger partial charge in [0.1, 0.15) is 5.54 Å². The fraction of sp³-hybridized carbons (Fsp3) is 0.583. The van der Waals surface area contributed by atoms with Gasteiger partial charge in [0.25, 0.3) is 0 Å². The van der Waals surface area contributed by atoms with Gasteiger partial charge in [-0.05, 0) is 43.5 Å². The van der Waals surface area contributed by atoms with Gasteiger partial charge in [-0.15, -0.1) is 11.8 Å². The van der Waals surface area contributed by atoms with Gasteiger partial charge in [-0.2, -0.15) is 13.2 Å². The monoisotopic (exact) mass is 530 g/mol. The number of carboxylic acid groups (broad SMARTS) is 1. The lowest BCUT2D eigenvalue weighted by molar-refractivity contribution is -0.192. The lowest BCUT2D eigenvalue weighted by atomic mass is 9.77. The number of hydrogen-bond acceptors (Lipinski definition) is 7. The number of carboxylic acids is 1. The second kappa shape index (κ2) is 10.4. The number of esters is 1. The fourth-order valence-electron chi connectivity index (χ4n) is 5.40. The first-order chi connectivity index (χ1) is 16.8. The molecule has 0 bridgehead atoms. The molecule has 4 rings (SSSR count). The molecule has 3 saturated heterocycles. The van der Waals surface area contributed by atoms with Crippen LogP contribution in [0.1, 0.15) is 44.7 Å². The van der Waals surface area contributed by atoms with Crippen molar-refractivity contribution in [3.05, 3.63) is 29.8 Å². The maximum absolute atomic E-state index is 13.0. The number of amides is 2. The van der Waals surface area contributed by atoms with E-state index >= 15 is 0 Å². The quantitative estimate of drug-likeness (QED) is 0.351. The van der Waals surface area contributed by atoms with Crippen molar-refractivity contribution in [1.29, 1.82) is 0 Å². The molecular formula is C24H29F3N2O6S. The molecule has 12 heteroatoms. The van der Waals surface area contributed by atoms with Crippen molar-refractivity contribution in [1.82, 2.24) is 9.80 Å². The normalized spacial score (nSPS) is 28.3. The number of rotatable bonds is 5. The second-order valence-electron chi connectivity index (χ2n) is 9.11. The van der Waals surface area contributed by atoms with Crippen molar-refractivity contribution < 1.29 is 42.2 Å². The van der Waals surface area contributed by atoms with Crippen LogP contribution in [0.25, 0.3) is 0 Å². The van der Waals surface area contributed by atoms with Gasteiger partial charge in [0, 0.05) is 23.2 Å². The van der Waals surface area contributed by atoms with Crippen LogP contribution in [0.3, 0.4) is 0 Å². The highest BCUT2D eigenvalue weighted by Crippen LogP contribution is 2.59. The summed E-state index contributed by atoms with van der Waals surface area (Å²) < 4.78 is 36.9. The van der Waals surface area contributed by atoms with Crippen LogP contribution in [-0.2, 0) is 23.9 Å². The average Bonchev–Trinajstić information content (AvgIpc) is 3.44. The predicted molar refractivity (Wildman–Crippen MR) is 124 cm³/mol. The molecule has 2 amide bonds. The van der Waals surface area contributed by atoms with E-state index in [-0.39, 0.29) is 17.9 Å². The van der Waals surface area contributed by atoms with Gasteiger partial charge >= 0.3 is 18.1 Å². The van der Waals surface area contributed by atoms with Gasteiger partial charge in [-0.1, -0.05) is 26.0 Å². The first kappa shape index (κ1) is 28.0. The molecule has 3 heterocycles. The molecule has 1 N–H and O–H groups in total. The summed E-state index contributed by atoms with van der Waals surface area (Å²) in [6.07, 6.45) is -2.63. The third-order valence-corrected chi connectivity index (χ3v) is 8.43. The van der Waals surface area contributed by atoms with E-state index in [1.165, 1.54) is 24.0 Å². The minimum atomic E-state index is -5.08. The van der Waals surface area contributed by atoms with E-state index in [1.807, 2.05) is 23.9 Å². The van der Waals surface area contributed by atoms with Crippen LogP contribution >= 0.6 is 11.8 Å². The average molecular weight is 531 g/mol. The zero-order valence-electron chi connectivity index (χ0n) is 20.4. The van der Waals surface area contributed by atoms with Crippen LogP contribution in [0.4, 0.5) is 13.2 Å². The lowest BCUT2D eigenvalue weighted by Crippen LogP contribution is -2.54. The number of fused-ring (bicyclic) bond motifs is 3. The number of likely N-dealkylation sites (tertiary alicyclic amines) is 1. The zero-order chi connectivity index (χ0) is 27.0. The van der Waals surface area contributed by atoms with Crippen molar-refractivity contribution in [3.63, 3.8) is 0 Å². The Labute approximate surface area is 211 Å². The van der Waals surface area contributed by atoms with E-state index in [9.17, 15) is 27.6 Å². The molecule has 0 radical (unpaired) electrons. The number of thioether (sulfide) groups is 1. The van der Waals surface area contributed by atoms with Crippen molar-refractivity contribution in [2.24, 2.45) is 11.8 Å². The number of methoxy groups -OCH3 is 1. The smallest absolute Gasteiger partial charge is 0.475 e. The van der Waals surface area contributed by atoms with Gasteiger partial charge in [0.15, 0.2) is 0 Å². The molecule has 1 aromatic rings. The van der Waals surface area contributed by atoms with Gasteiger partial charge < -0.3 is 9.84 Å². The summed E-state index contributed by atoms with van der Waals surface area (Å²) in [6.45, 7) is 5.05. The molecule has 198 valence electrons. The van der Waals surface area contributed by atoms with Crippen molar-refractivity contribution in [2.45, 2.75) is 61.0 Å². The number of hydrogen-bond donors (Lipinski definition) is 1. The molecule has 0 aliphatic carbocycles. The fourth-order valence-corrected chi connectivity index (χ4v) is 6.33. The number of imide groups is 1. The molecule has 0 saturated carbocycles. The van der Waals surface area contributed by atoms with E-state index in [1.54, 1.807) is 0 Å². The Morgan fingerprint density at radius 2 is 1.81 bits per heavy atom. The van der Waals surface area contributed by atoms with E-state index < -0.39 is 35.5 Å². The summed E-state index contributed by atoms with van der Waals surface area (Å²) in [5.74, 6) is -4.82. The molecule has 3 aliphatic heterocycles. The van der Waals surface area contributed by atoms with Crippen molar-refractivity contribution in [2.75, 3.05) is 20.7 Å². The minimum absolute atomic E-state index is 0.194. The van der Waals surface area contributed by atoms with E-state index in [2.05, 4.69) is 30.9 Å². The highest BCUT2D eigenvalue weighted by Gasteiger charge is 2.72. The summed E-state index contributed by atoms with van der Waals surface area (Å²) in [5, 5.41) is 7.66. The number of benzene rings is 1. The third-order valence-electron chi connectivity index (χ3n) is 7.15. The number of ether oxygens (including phenoxy) is 1. The van der Waals surface area contributed by atoms with Crippen molar-refractivity contribution in [3.8, 4) is 0 Å². The number of carbonyl (C=O) groups excluding carboxylic acids is 3.